The van der Waals surface area contributed by atoms with E-state index in [0.717, 1.165) is 50.3 Å². The molecular weight excluding hydrogens is 342 g/mol. The quantitative estimate of drug-likeness (QED) is 0.866. The largest absolute Gasteiger partial charge is 0.317 e. The number of carbonyl (C=O) groups is 1. The zero-order chi connectivity index (χ0) is 17.6. The molecule has 1 aliphatic heterocycles. The van der Waals surface area contributed by atoms with Gasteiger partial charge in [-0.05, 0) is 68.7 Å². The van der Waals surface area contributed by atoms with Crippen LogP contribution >= 0.6 is 11.3 Å². The van der Waals surface area contributed by atoms with Crippen LogP contribution in [-0.2, 0) is 16.6 Å². The van der Waals surface area contributed by atoms with Crippen LogP contribution in [0.25, 0.3) is 0 Å². The van der Waals surface area contributed by atoms with Gasteiger partial charge in [-0.3, -0.25) is 4.79 Å². The van der Waals surface area contributed by atoms with Gasteiger partial charge in [0, 0.05) is 22.4 Å². The number of amides is 1. The molecule has 136 valence electrons. The summed E-state index contributed by atoms with van der Waals surface area (Å²) in [5.41, 5.74) is 2.95. The molecule has 1 saturated heterocycles. The first kappa shape index (κ1) is 16.5. The van der Waals surface area contributed by atoms with Crippen molar-refractivity contribution in [2.24, 2.45) is 5.92 Å². The maximum Gasteiger partial charge on any atom is 0.230 e. The molecule has 2 heterocycles. The number of nitrogens with zero attached hydrogens (tertiary/aromatic N) is 1. The Labute approximate surface area is 158 Å². The van der Waals surface area contributed by atoms with Gasteiger partial charge in [0.1, 0.15) is 0 Å². The van der Waals surface area contributed by atoms with Crippen molar-refractivity contribution >= 4 is 22.4 Å². The predicted molar refractivity (Wildman–Crippen MR) is 105 cm³/mol. The Morgan fingerprint density at radius 1 is 1.27 bits per heavy atom. The molecule has 3 aliphatic rings. The average molecular weight is 368 g/mol. The van der Waals surface area contributed by atoms with E-state index < -0.39 is 0 Å². The Morgan fingerprint density at radius 3 is 3.00 bits per heavy atom. The van der Waals surface area contributed by atoms with Crippen LogP contribution in [0.3, 0.4) is 0 Å². The molecule has 2 atom stereocenters. The molecule has 0 bridgehead atoms. The van der Waals surface area contributed by atoms with E-state index in [0.29, 0.717) is 5.92 Å². The van der Waals surface area contributed by atoms with E-state index >= 15 is 0 Å². The molecule has 2 aliphatic carbocycles. The summed E-state index contributed by atoms with van der Waals surface area (Å²) in [6, 6.07) is 8.70. The fourth-order valence-electron chi connectivity index (χ4n) is 5.01. The molecule has 2 aromatic rings. The van der Waals surface area contributed by atoms with Crippen molar-refractivity contribution in [1.82, 2.24) is 10.3 Å². The molecule has 2 fully saturated rings. The second-order valence-electron chi connectivity index (χ2n) is 8.00. The second kappa shape index (κ2) is 6.46. The number of piperidine rings is 1. The maximum atomic E-state index is 12.9. The predicted octanol–water partition coefficient (Wildman–Crippen LogP) is 3.84. The molecule has 1 spiro atoms. The van der Waals surface area contributed by atoms with Crippen molar-refractivity contribution in [2.75, 3.05) is 18.4 Å². The first-order valence-corrected chi connectivity index (χ1v) is 10.6. The third-order valence-electron chi connectivity index (χ3n) is 6.51. The van der Waals surface area contributed by atoms with Gasteiger partial charge in [-0.15, -0.1) is 11.3 Å². The average Bonchev–Trinajstić information content (AvgIpc) is 3.21. The highest BCUT2D eigenvalue weighted by Crippen LogP contribution is 2.60. The zero-order valence-electron chi connectivity index (χ0n) is 15.0. The van der Waals surface area contributed by atoms with Gasteiger partial charge in [0.25, 0.3) is 0 Å². The van der Waals surface area contributed by atoms with Gasteiger partial charge in [0.05, 0.1) is 0 Å². The van der Waals surface area contributed by atoms with Gasteiger partial charge in [0.2, 0.25) is 5.91 Å². The van der Waals surface area contributed by atoms with E-state index in [-0.39, 0.29) is 17.2 Å². The van der Waals surface area contributed by atoms with Crippen molar-refractivity contribution < 1.29 is 4.79 Å². The van der Waals surface area contributed by atoms with Crippen molar-refractivity contribution in [1.29, 1.82) is 0 Å². The Morgan fingerprint density at radius 2 is 2.12 bits per heavy atom. The lowest BCUT2D eigenvalue weighted by atomic mass is 9.78. The molecule has 5 heteroatoms. The number of fused-ring (bicyclic) bond motifs is 2. The summed E-state index contributed by atoms with van der Waals surface area (Å²) in [6.07, 6.45) is 8.77. The summed E-state index contributed by atoms with van der Waals surface area (Å²) in [6.45, 7) is 2.16. The van der Waals surface area contributed by atoms with Crippen LogP contribution in [0.5, 0.6) is 0 Å². The minimum atomic E-state index is 0.0913. The summed E-state index contributed by atoms with van der Waals surface area (Å²) in [5, 5.41) is 7.29. The summed E-state index contributed by atoms with van der Waals surface area (Å²) in [5.74, 6) is 0.861. The lowest BCUT2D eigenvalue weighted by molar-refractivity contribution is -0.117. The van der Waals surface area contributed by atoms with Gasteiger partial charge in [-0.1, -0.05) is 24.3 Å². The maximum absolute atomic E-state index is 12.9. The zero-order valence-corrected chi connectivity index (χ0v) is 15.8. The highest BCUT2D eigenvalue weighted by molar-refractivity contribution is 7.15. The molecule has 1 saturated carbocycles. The monoisotopic (exact) mass is 367 g/mol. The van der Waals surface area contributed by atoms with E-state index in [4.69, 9.17) is 0 Å². The summed E-state index contributed by atoms with van der Waals surface area (Å²) >= 11 is 1.66. The topological polar surface area (TPSA) is 54.0 Å². The second-order valence-corrected chi connectivity index (χ2v) is 9.07. The molecule has 1 amide bonds. The molecule has 2 unspecified atom stereocenters. The van der Waals surface area contributed by atoms with E-state index in [9.17, 15) is 4.79 Å². The number of rotatable bonds is 3. The number of thiazole rings is 1. The Balaban J connectivity index is 1.29. The first-order valence-electron chi connectivity index (χ1n) is 9.82. The molecule has 4 nitrogen and oxygen atoms in total. The number of aromatic nitrogens is 1. The normalized spacial score (nSPS) is 27.9. The number of nitrogens with one attached hydrogen (secondary N) is 2. The van der Waals surface area contributed by atoms with Crippen LogP contribution in [0.2, 0.25) is 0 Å². The number of hydrogen-bond donors (Lipinski definition) is 2. The number of carbonyl (C=O) groups excluding carboxylic acids is 1. The van der Waals surface area contributed by atoms with Crippen molar-refractivity contribution in [3.05, 3.63) is 46.5 Å². The third kappa shape index (κ3) is 2.78. The highest BCUT2D eigenvalue weighted by atomic mass is 32.1. The van der Waals surface area contributed by atoms with E-state index in [1.165, 1.54) is 22.4 Å². The van der Waals surface area contributed by atoms with Gasteiger partial charge < -0.3 is 10.6 Å². The lowest BCUT2D eigenvalue weighted by Gasteiger charge is -2.26. The molecule has 26 heavy (non-hydrogen) atoms. The summed E-state index contributed by atoms with van der Waals surface area (Å²) < 4.78 is 0. The van der Waals surface area contributed by atoms with Crippen LogP contribution in [0.1, 0.15) is 54.0 Å². The fraction of sp³-hybridized carbons (Fsp3) is 0.524. The molecule has 2 N–H and O–H groups in total. The van der Waals surface area contributed by atoms with Gasteiger partial charge >= 0.3 is 0 Å². The van der Waals surface area contributed by atoms with E-state index in [1.54, 1.807) is 11.3 Å². The Hall–Kier alpha value is -1.72. The van der Waals surface area contributed by atoms with E-state index in [1.807, 2.05) is 6.20 Å². The van der Waals surface area contributed by atoms with Gasteiger partial charge in [-0.2, -0.15) is 0 Å². The molecule has 5 rings (SSSR count). The van der Waals surface area contributed by atoms with Crippen LogP contribution in [0.15, 0.2) is 30.5 Å². The Kier molecular flexibility index (Phi) is 4.09. The highest BCUT2D eigenvalue weighted by Gasteiger charge is 2.60. The molecule has 0 radical (unpaired) electrons. The Bertz CT molecular complexity index is 826. The van der Waals surface area contributed by atoms with Gasteiger partial charge in [-0.25, -0.2) is 4.98 Å². The van der Waals surface area contributed by atoms with Crippen LogP contribution in [0.4, 0.5) is 5.13 Å². The third-order valence-corrected chi connectivity index (χ3v) is 7.59. The molecular formula is C21H25N3OS. The lowest BCUT2D eigenvalue weighted by Crippen LogP contribution is -2.26. The SMILES string of the molecule is O=C(Nc1ncc(C2CCNCC2)s1)C1CC12CCCc1ccccc12. The van der Waals surface area contributed by atoms with Crippen molar-refractivity contribution in [2.45, 2.75) is 49.9 Å². The van der Waals surface area contributed by atoms with Crippen molar-refractivity contribution in [3.8, 4) is 0 Å². The number of anilines is 1. The first-order chi connectivity index (χ1) is 12.8. The smallest absolute Gasteiger partial charge is 0.230 e. The number of benzene rings is 1. The minimum absolute atomic E-state index is 0.0913. The standard InChI is InChI=1S/C21H25N3OS/c25-19(24-20-23-13-18(26-20)15-7-10-22-11-8-15)17-12-21(17)9-3-5-14-4-1-2-6-16(14)21/h1-2,4,6,13,15,17,22H,3,5,7-12H2,(H,23,24,25). The molecule has 1 aromatic carbocycles. The molecule has 1 aromatic heterocycles. The minimum Gasteiger partial charge on any atom is -0.317 e. The number of aryl methyl sites for hydroxylation is 1. The fourth-order valence-corrected chi connectivity index (χ4v) is 6.00. The van der Waals surface area contributed by atoms with Crippen LogP contribution < -0.4 is 10.6 Å². The summed E-state index contributed by atoms with van der Waals surface area (Å²) in [7, 11) is 0. The van der Waals surface area contributed by atoms with Crippen molar-refractivity contribution in [3.63, 3.8) is 0 Å². The summed E-state index contributed by atoms with van der Waals surface area (Å²) in [4.78, 5) is 18.7. The van der Waals surface area contributed by atoms with E-state index in [2.05, 4.69) is 39.9 Å². The number of hydrogen-bond acceptors (Lipinski definition) is 4. The van der Waals surface area contributed by atoms with Crippen LogP contribution in [0, 0.1) is 5.92 Å². The van der Waals surface area contributed by atoms with Gasteiger partial charge in [0.15, 0.2) is 5.13 Å². The van der Waals surface area contributed by atoms with Crippen LogP contribution in [-0.4, -0.2) is 24.0 Å².